The zero-order valence-corrected chi connectivity index (χ0v) is 13.8. The molecular formula is C16H21BrO3. The molecule has 0 N–H and O–H groups in total. The van der Waals surface area contributed by atoms with Crippen molar-refractivity contribution in [1.29, 1.82) is 0 Å². The average Bonchev–Trinajstić information content (AvgIpc) is 2.46. The molecule has 3 nitrogen and oxygen atoms in total. The number of alkyl halides is 1. The molecule has 0 unspecified atom stereocenters. The fourth-order valence-electron chi connectivity index (χ4n) is 3.35. The van der Waals surface area contributed by atoms with Crippen molar-refractivity contribution in [3.05, 3.63) is 23.3 Å². The summed E-state index contributed by atoms with van der Waals surface area (Å²) in [4.78, 5) is 23.8. The van der Waals surface area contributed by atoms with Gasteiger partial charge in [-0.2, -0.15) is 0 Å². The zero-order valence-electron chi connectivity index (χ0n) is 12.2. The summed E-state index contributed by atoms with van der Waals surface area (Å²) in [6.45, 7) is 4.11. The van der Waals surface area contributed by atoms with E-state index in [1.165, 1.54) is 12.7 Å². The highest BCUT2D eigenvalue weighted by Gasteiger charge is 2.41. The number of ether oxygens (including phenoxy) is 1. The normalized spacial score (nSPS) is 31.0. The molecule has 0 spiro atoms. The lowest BCUT2D eigenvalue weighted by atomic mass is 9.62. The first kappa shape index (κ1) is 15.5. The molecule has 0 aliphatic heterocycles. The molecule has 0 radical (unpaired) electrons. The Morgan fingerprint density at radius 2 is 2.30 bits per heavy atom. The van der Waals surface area contributed by atoms with Crippen molar-refractivity contribution in [2.45, 2.75) is 33.1 Å². The summed E-state index contributed by atoms with van der Waals surface area (Å²) >= 11 is 3.43. The van der Waals surface area contributed by atoms with Crippen LogP contribution in [0.2, 0.25) is 0 Å². The molecule has 110 valence electrons. The molecule has 1 saturated carbocycles. The van der Waals surface area contributed by atoms with Crippen LogP contribution in [0.4, 0.5) is 0 Å². The van der Waals surface area contributed by atoms with Crippen molar-refractivity contribution >= 4 is 27.7 Å². The highest BCUT2D eigenvalue weighted by atomic mass is 79.9. The Balaban J connectivity index is 2.29. The Hall–Kier alpha value is -0.900. The number of allylic oxidation sites excluding steroid dienone is 4. The van der Waals surface area contributed by atoms with Crippen molar-refractivity contribution in [2.75, 3.05) is 12.4 Å². The summed E-state index contributed by atoms with van der Waals surface area (Å²) < 4.78 is 4.86. The number of rotatable bonds is 3. The molecular weight excluding hydrogens is 320 g/mol. The first-order valence-corrected chi connectivity index (χ1v) is 8.15. The van der Waals surface area contributed by atoms with E-state index in [0.29, 0.717) is 5.33 Å². The fourth-order valence-corrected chi connectivity index (χ4v) is 3.96. The molecule has 0 bridgehead atoms. The van der Waals surface area contributed by atoms with Gasteiger partial charge in [0.2, 0.25) is 0 Å². The second-order valence-electron chi connectivity index (χ2n) is 6.02. The Morgan fingerprint density at radius 3 is 2.90 bits per heavy atom. The van der Waals surface area contributed by atoms with E-state index in [1.807, 2.05) is 13.0 Å². The van der Waals surface area contributed by atoms with Crippen molar-refractivity contribution in [3.8, 4) is 0 Å². The fraction of sp³-hybridized carbons (Fsp3) is 0.625. The monoisotopic (exact) mass is 340 g/mol. The molecule has 0 saturated heterocycles. The van der Waals surface area contributed by atoms with Crippen LogP contribution in [0.25, 0.3) is 0 Å². The predicted octanol–water partition coefficient (Wildman–Crippen LogP) is 3.43. The Labute approximate surface area is 128 Å². The van der Waals surface area contributed by atoms with Crippen LogP contribution in [0.5, 0.6) is 0 Å². The van der Waals surface area contributed by atoms with Crippen LogP contribution >= 0.6 is 15.9 Å². The van der Waals surface area contributed by atoms with Crippen LogP contribution in [0.3, 0.4) is 0 Å². The number of methoxy groups -OCH3 is 1. The summed E-state index contributed by atoms with van der Waals surface area (Å²) in [5.41, 5.74) is 2.05. The third-order valence-electron chi connectivity index (χ3n) is 4.87. The van der Waals surface area contributed by atoms with Crippen LogP contribution in [0, 0.1) is 17.3 Å². The van der Waals surface area contributed by atoms with Crippen LogP contribution in [0.1, 0.15) is 33.1 Å². The van der Waals surface area contributed by atoms with Gasteiger partial charge in [-0.15, -0.1) is 0 Å². The van der Waals surface area contributed by atoms with Crippen molar-refractivity contribution in [3.63, 3.8) is 0 Å². The van der Waals surface area contributed by atoms with Crippen molar-refractivity contribution < 1.29 is 14.3 Å². The van der Waals surface area contributed by atoms with Gasteiger partial charge < -0.3 is 4.74 Å². The van der Waals surface area contributed by atoms with Gasteiger partial charge in [0, 0.05) is 16.3 Å². The second-order valence-corrected chi connectivity index (χ2v) is 6.58. The van der Waals surface area contributed by atoms with Crippen LogP contribution in [-0.2, 0) is 14.3 Å². The van der Waals surface area contributed by atoms with Crippen molar-refractivity contribution in [1.82, 2.24) is 0 Å². The van der Waals surface area contributed by atoms with E-state index in [-0.39, 0.29) is 29.0 Å². The number of hydrogen-bond donors (Lipinski definition) is 0. The standard InChI is InChI=1S/C16H21BrO3/c1-10(15(19)20-3)11-4-6-16(2)7-5-14(18)12(9-17)13(16)8-11/h5,7,10-11H,4,6,8-9H2,1-3H3/t10-,11+,16-/m0/s1. The van der Waals surface area contributed by atoms with Gasteiger partial charge in [0.1, 0.15) is 0 Å². The maximum atomic E-state index is 12.0. The summed E-state index contributed by atoms with van der Waals surface area (Å²) in [6.07, 6.45) is 6.52. The highest BCUT2D eigenvalue weighted by molar-refractivity contribution is 9.09. The summed E-state index contributed by atoms with van der Waals surface area (Å²) in [5, 5.41) is 0.584. The maximum absolute atomic E-state index is 12.0. The molecule has 4 heteroatoms. The molecule has 2 aliphatic rings. The Morgan fingerprint density at radius 1 is 1.60 bits per heavy atom. The van der Waals surface area contributed by atoms with Gasteiger partial charge in [0.15, 0.2) is 5.78 Å². The molecule has 0 aromatic rings. The minimum atomic E-state index is -0.155. The molecule has 0 aromatic heterocycles. The lowest BCUT2D eigenvalue weighted by molar-refractivity contribution is -0.147. The lowest BCUT2D eigenvalue weighted by Crippen LogP contribution is -2.35. The van der Waals surface area contributed by atoms with Gasteiger partial charge in [0.25, 0.3) is 0 Å². The third-order valence-corrected chi connectivity index (χ3v) is 5.43. The van der Waals surface area contributed by atoms with Gasteiger partial charge in [-0.3, -0.25) is 9.59 Å². The highest BCUT2D eigenvalue weighted by Crippen LogP contribution is 2.49. The van der Waals surface area contributed by atoms with E-state index in [0.717, 1.165) is 24.8 Å². The number of carbonyl (C=O) groups is 2. The third kappa shape index (κ3) is 2.62. The van der Waals surface area contributed by atoms with E-state index >= 15 is 0 Å². The van der Waals surface area contributed by atoms with E-state index in [1.54, 1.807) is 6.08 Å². The van der Waals surface area contributed by atoms with Crippen LogP contribution < -0.4 is 0 Å². The number of ketones is 1. The maximum Gasteiger partial charge on any atom is 0.308 e. The molecule has 1 fully saturated rings. The largest absolute Gasteiger partial charge is 0.469 e. The first-order chi connectivity index (χ1) is 9.42. The zero-order chi connectivity index (χ0) is 14.9. The van der Waals surface area contributed by atoms with Gasteiger partial charge in [-0.25, -0.2) is 0 Å². The minimum Gasteiger partial charge on any atom is -0.469 e. The first-order valence-electron chi connectivity index (χ1n) is 7.03. The Kier molecular flexibility index (Phi) is 4.52. The number of esters is 1. The molecule has 0 heterocycles. The van der Waals surface area contributed by atoms with Gasteiger partial charge in [0.05, 0.1) is 13.0 Å². The number of fused-ring (bicyclic) bond motifs is 1. The summed E-state index contributed by atoms with van der Waals surface area (Å²) in [5.74, 6) is 0.0894. The van der Waals surface area contributed by atoms with Crippen LogP contribution in [0.15, 0.2) is 23.3 Å². The van der Waals surface area contributed by atoms with Crippen molar-refractivity contribution in [2.24, 2.45) is 17.3 Å². The molecule has 0 aromatic carbocycles. The molecule has 2 aliphatic carbocycles. The molecule has 20 heavy (non-hydrogen) atoms. The number of halogens is 1. The van der Waals surface area contributed by atoms with Gasteiger partial charge in [-0.05, 0) is 31.3 Å². The lowest BCUT2D eigenvalue weighted by Gasteiger charge is -2.42. The summed E-state index contributed by atoms with van der Waals surface area (Å²) in [7, 11) is 1.43. The quantitative estimate of drug-likeness (QED) is 0.583. The molecule has 3 atom stereocenters. The predicted molar refractivity (Wildman–Crippen MR) is 81.6 cm³/mol. The number of carbonyl (C=O) groups excluding carboxylic acids is 2. The topological polar surface area (TPSA) is 43.4 Å². The minimum absolute atomic E-state index is 0.0245. The van der Waals surface area contributed by atoms with Crippen LogP contribution in [-0.4, -0.2) is 24.2 Å². The average molecular weight is 341 g/mol. The smallest absolute Gasteiger partial charge is 0.308 e. The van der Waals surface area contributed by atoms with Gasteiger partial charge in [-0.1, -0.05) is 41.4 Å². The van der Waals surface area contributed by atoms with E-state index in [4.69, 9.17) is 4.74 Å². The van der Waals surface area contributed by atoms with Gasteiger partial charge >= 0.3 is 5.97 Å². The van der Waals surface area contributed by atoms with E-state index in [2.05, 4.69) is 22.9 Å². The SMILES string of the molecule is COC(=O)[C@@H](C)[C@@H]1CC[C@@]2(C)C=CC(=O)C(CBr)=C2C1. The van der Waals surface area contributed by atoms with E-state index < -0.39 is 0 Å². The Bertz CT molecular complexity index is 492. The second kappa shape index (κ2) is 5.84. The molecule has 2 rings (SSSR count). The van der Waals surface area contributed by atoms with E-state index in [9.17, 15) is 9.59 Å². The number of hydrogen-bond acceptors (Lipinski definition) is 3. The summed E-state index contributed by atoms with van der Waals surface area (Å²) in [6, 6.07) is 0. The molecule has 0 amide bonds.